The molecule has 0 bridgehead atoms. The number of benzene rings is 1. The first-order chi connectivity index (χ1) is 13.5. The lowest BCUT2D eigenvalue weighted by atomic mass is 9.83. The first-order valence-electron chi connectivity index (χ1n) is 9.11. The van der Waals surface area contributed by atoms with Crippen molar-refractivity contribution in [2.45, 2.75) is 56.8 Å². The van der Waals surface area contributed by atoms with Crippen LogP contribution in [0.25, 0.3) is 0 Å². The second-order valence-corrected chi connectivity index (χ2v) is 10.2. The first-order valence-corrected chi connectivity index (χ1v) is 10.6. The molecular weight excluding hydrogens is 421 g/mol. The van der Waals surface area contributed by atoms with Crippen LogP contribution >= 0.6 is 0 Å². The Labute approximate surface area is 173 Å². The number of rotatable bonds is 6. The number of carbonyl (C=O) groups excluding carboxylic acids is 1. The second-order valence-electron chi connectivity index (χ2n) is 8.62. The minimum absolute atomic E-state index is 0.0101. The topological polar surface area (TPSA) is 88.4 Å². The molecule has 0 atom stereocenters. The molecule has 0 aliphatic carbocycles. The van der Waals surface area contributed by atoms with Gasteiger partial charge in [0.1, 0.15) is 0 Å². The van der Waals surface area contributed by atoms with Gasteiger partial charge in [-0.25, -0.2) is 13.1 Å². The number of sulfonamides is 1. The van der Waals surface area contributed by atoms with Gasteiger partial charge < -0.3 is 9.73 Å². The number of hydrogen-bond acceptors (Lipinski definition) is 4. The molecule has 0 unspecified atom stereocenters. The zero-order chi connectivity index (χ0) is 23.0. The van der Waals surface area contributed by atoms with Gasteiger partial charge in [0.05, 0.1) is 5.56 Å². The normalized spacial score (nSPS) is 13.3. The quantitative estimate of drug-likeness (QED) is 0.700. The fourth-order valence-electron chi connectivity index (χ4n) is 2.65. The van der Waals surface area contributed by atoms with E-state index in [-0.39, 0.29) is 12.3 Å². The smallest absolute Gasteiger partial charge is 0.416 e. The standard InChI is InChI=1S/C20H25F3N2O4S/c1-18(2,3)25-30(27,28)16-10-9-15(29-16)17(26)24-12-19(4,5)13-7-6-8-14(11-13)20(21,22)23/h6-11,25H,12H2,1-5H3,(H,24,26). The molecule has 2 aromatic rings. The minimum atomic E-state index is -4.47. The van der Waals surface area contributed by atoms with Gasteiger partial charge in [0.15, 0.2) is 5.76 Å². The van der Waals surface area contributed by atoms with Gasteiger partial charge in [0, 0.05) is 17.5 Å². The van der Waals surface area contributed by atoms with Gasteiger partial charge in [-0.1, -0.05) is 32.0 Å². The van der Waals surface area contributed by atoms with Gasteiger partial charge in [-0.2, -0.15) is 13.2 Å². The summed E-state index contributed by atoms with van der Waals surface area (Å²) in [5, 5.41) is 2.18. The summed E-state index contributed by atoms with van der Waals surface area (Å²) >= 11 is 0. The van der Waals surface area contributed by atoms with E-state index in [4.69, 9.17) is 4.42 Å². The summed E-state index contributed by atoms with van der Waals surface area (Å²) < 4.78 is 71.0. The van der Waals surface area contributed by atoms with E-state index in [1.165, 1.54) is 18.2 Å². The summed E-state index contributed by atoms with van der Waals surface area (Å²) in [6.45, 7) is 8.38. The highest BCUT2D eigenvalue weighted by molar-refractivity contribution is 7.89. The van der Waals surface area contributed by atoms with E-state index in [0.717, 1.165) is 12.1 Å². The number of hydrogen-bond donors (Lipinski definition) is 2. The van der Waals surface area contributed by atoms with Crippen LogP contribution in [-0.2, 0) is 21.6 Å². The molecule has 30 heavy (non-hydrogen) atoms. The van der Waals surface area contributed by atoms with Crippen molar-refractivity contribution in [3.8, 4) is 0 Å². The van der Waals surface area contributed by atoms with Crippen LogP contribution in [0.2, 0.25) is 0 Å². The zero-order valence-electron chi connectivity index (χ0n) is 17.3. The summed E-state index contributed by atoms with van der Waals surface area (Å²) in [4.78, 5) is 12.4. The average molecular weight is 446 g/mol. The van der Waals surface area contributed by atoms with Crippen LogP contribution in [0.3, 0.4) is 0 Å². The van der Waals surface area contributed by atoms with Crippen molar-refractivity contribution in [2.24, 2.45) is 0 Å². The Morgan fingerprint density at radius 1 is 1.00 bits per heavy atom. The second kappa shape index (κ2) is 8.07. The van der Waals surface area contributed by atoms with E-state index < -0.39 is 43.7 Å². The van der Waals surface area contributed by atoms with Gasteiger partial charge in [-0.15, -0.1) is 0 Å². The van der Waals surface area contributed by atoms with Crippen LogP contribution in [0.4, 0.5) is 13.2 Å². The van der Waals surface area contributed by atoms with Gasteiger partial charge in [-0.3, -0.25) is 4.79 Å². The van der Waals surface area contributed by atoms with Crippen LogP contribution < -0.4 is 10.0 Å². The molecule has 166 valence electrons. The Morgan fingerprint density at radius 2 is 1.60 bits per heavy atom. The van der Waals surface area contributed by atoms with E-state index in [1.54, 1.807) is 40.7 Å². The number of alkyl halides is 3. The average Bonchev–Trinajstić information content (AvgIpc) is 3.08. The number of furan rings is 1. The lowest BCUT2D eigenvalue weighted by Gasteiger charge is -2.26. The van der Waals surface area contributed by atoms with Crippen LogP contribution in [-0.4, -0.2) is 26.4 Å². The molecule has 0 aliphatic rings. The van der Waals surface area contributed by atoms with E-state index in [2.05, 4.69) is 10.0 Å². The molecule has 0 radical (unpaired) electrons. The SMILES string of the molecule is CC(C)(C)NS(=O)(=O)c1ccc(C(=O)NCC(C)(C)c2cccc(C(F)(F)F)c2)o1. The molecule has 0 aliphatic heterocycles. The van der Waals surface area contributed by atoms with E-state index in [9.17, 15) is 26.4 Å². The molecule has 0 saturated heterocycles. The summed E-state index contributed by atoms with van der Waals surface area (Å²) in [5.74, 6) is -0.892. The summed E-state index contributed by atoms with van der Waals surface area (Å²) in [5.41, 5.74) is -1.92. The Balaban J connectivity index is 2.12. The maximum absolute atomic E-state index is 13.0. The zero-order valence-corrected chi connectivity index (χ0v) is 18.2. The van der Waals surface area contributed by atoms with Crippen LogP contribution in [0.15, 0.2) is 45.9 Å². The van der Waals surface area contributed by atoms with E-state index in [1.807, 2.05) is 0 Å². The molecule has 0 saturated carbocycles. The molecule has 2 N–H and O–H groups in total. The third-order valence-corrected chi connectivity index (χ3v) is 5.80. The highest BCUT2D eigenvalue weighted by Gasteiger charge is 2.32. The molecule has 10 heteroatoms. The van der Waals surface area contributed by atoms with E-state index in [0.29, 0.717) is 5.56 Å². The van der Waals surface area contributed by atoms with Crippen LogP contribution in [0.5, 0.6) is 0 Å². The summed E-state index contributed by atoms with van der Waals surface area (Å²) in [6.07, 6.45) is -4.47. The lowest BCUT2D eigenvalue weighted by molar-refractivity contribution is -0.137. The minimum Gasteiger partial charge on any atom is -0.438 e. The molecule has 1 heterocycles. The highest BCUT2D eigenvalue weighted by Crippen LogP contribution is 2.32. The van der Waals surface area contributed by atoms with Crippen molar-refractivity contribution in [3.63, 3.8) is 0 Å². The largest absolute Gasteiger partial charge is 0.438 e. The van der Waals surface area contributed by atoms with Crippen LogP contribution in [0, 0.1) is 0 Å². The fourth-order valence-corrected chi connectivity index (χ4v) is 4.00. The molecular formula is C20H25F3N2O4S. The molecule has 2 rings (SSSR count). The number of carbonyl (C=O) groups is 1. The monoisotopic (exact) mass is 446 g/mol. The van der Waals surface area contributed by atoms with E-state index >= 15 is 0 Å². The number of halogens is 3. The molecule has 0 fully saturated rings. The summed E-state index contributed by atoms with van der Waals surface area (Å²) in [6, 6.07) is 7.28. The third-order valence-electron chi connectivity index (χ3n) is 4.17. The predicted molar refractivity (Wildman–Crippen MR) is 106 cm³/mol. The van der Waals surface area contributed by atoms with Crippen molar-refractivity contribution in [1.82, 2.24) is 10.0 Å². The first kappa shape index (κ1) is 23.9. The maximum Gasteiger partial charge on any atom is 0.416 e. The molecule has 1 aromatic heterocycles. The predicted octanol–water partition coefficient (Wildman–Crippen LogP) is 4.08. The molecule has 0 spiro atoms. The van der Waals surface area contributed by atoms with Gasteiger partial charge >= 0.3 is 6.18 Å². The van der Waals surface area contributed by atoms with Crippen molar-refractivity contribution < 1.29 is 30.8 Å². The molecule has 1 aromatic carbocycles. The highest BCUT2D eigenvalue weighted by atomic mass is 32.2. The van der Waals surface area contributed by atoms with Gasteiger partial charge in [0.25, 0.3) is 15.9 Å². The molecule has 1 amide bonds. The Hall–Kier alpha value is -2.33. The third kappa shape index (κ3) is 6.09. The van der Waals surface area contributed by atoms with Crippen molar-refractivity contribution in [2.75, 3.05) is 6.54 Å². The summed E-state index contributed by atoms with van der Waals surface area (Å²) in [7, 11) is -3.94. The number of nitrogens with one attached hydrogen (secondary N) is 2. The van der Waals surface area contributed by atoms with Gasteiger partial charge in [0.2, 0.25) is 5.09 Å². The van der Waals surface area contributed by atoms with Crippen molar-refractivity contribution in [3.05, 3.63) is 53.3 Å². The Kier molecular flexibility index (Phi) is 6.44. The Bertz CT molecular complexity index is 1020. The Morgan fingerprint density at radius 3 is 2.17 bits per heavy atom. The van der Waals surface area contributed by atoms with Gasteiger partial charge in [-0.05, 0) is 44.5 Å². The molecule has 6 nitrogen and oxygen atoms in total. The maximum atomic E-state index is 13.0. The number of amides is 1. The van der Waals surface area contributed by atoms with Crippen molar-refractivity contribution in [1.29, 1.82) is 0 Å². The van der Waals surface area contributed by atoms with Crippen molar-refractivity contribution >= 4 is 15.9 Å². The lowest BCUT2D eigenvalue weighted by Crippen LogP contribution is -2.40. The fraction of sp³-hybridized carbons (Fsp3) is 0.450. The van der Waals surface area contributed by atoms with Crippen LogP contribution in [0.1, 0.15) is 56.3 Å².